The number of ether oxygens (including phenoxy) is 2. The molecule has 1 aliphatic carbocycles. The lowest BCUT2D eigenvalue weighted by Gasteiger charge is -2.49. The first-order chi connectivity index (χ1) is 15.6. The average molecular weight is 435 g/mol. The van der Waals surface area contributed by atoms with Crippen molar-refractivity contribution >= 4 is 18.6 Å². The first-order valence-electron chi connectivity index (χ1n) is 11.4. The summed E-state index contributed by atoms with van der Waals surface area (Å²) in [7, 11) is 0. The Morgan fingerprint density at radius 3 is 2.25 bits per heavy atom. The SMILES string of the molecule is O=C1C[N+]2([C@@H]3CCC[C@H]3OCc3ccccc3)CC(=O)O[B-]2(C2OC2c2ccccc2)O1. The molecule has 4 fully saturated rings. The Bertz CT molecular complexity index is 1010. The number of quaternary nitrogens is 1. The number of benzene rings is 2. The highest BCUT2D eigenvalue weighted by Crippen LogP contribution is 2.54. The molecule has 1 saturated carbocycles. The molecule has 2 unspecified atom stereocenters. The van der Waals surface area contributed by atoms with Crippen molar-refractivity contribution in [2.45, 2.75) is 50.1 Å². The lowest BCUT2D eigenvalue weighted by Crippen LogP contribution is -2.71. The van der Waals surface area contributed by atoms with Crippen LogP contribution < -0.4 is 0 Å². The number of rotatable bonds is 6. The molecule has 32 heavy (non-hydrogen) atoms. The summed E-state index contributed by atoms with van der Waals surface area (Å²) in [5.74, 6) is -0.651. The van der Waals surface area contributed by atoms with Crippen LogP contribution in [0.25, 0.3) is 0 Å². The van der Waals surface area contributed by atoms with Crippen molar-refractivity contribution < 1.29 is 32.8 Å². The number of epoxide rings is 1. The van der Waals surface area contributed by atoms with Crippen LogP contribution in [0.4, 0.5) is 0 Å². The van der Waals surface area contributed by atoms with E-state index in [9.17, 15) is 9.59 Å². The third kappa shape index (κ3) is 3.01. The molecule has 0 spiro atoms. The number of hydrogen-bond donors (Lipinski definition) is 0. The van der Waals surface area contributed by atoms with E-state index < -0.39 is 12.7 Å². The molecule has 2 aromatic rings. The quantitative estimate of drug-likeness (QED) is 0.513. The number of hydrogen-bond acceptors (Lipinski definition) is 6. The van der Waals surface area contributed by atoms with Crippen LogP contribution in [-0.2, 0) is 35.0 Å². The molecular weight excluding hydrogens is 409 g/mol. The van der Waals surface area contributed by atoms with Gasteiger partial charge in [0.2, 0.25) is 0 Å². The minimum absolute atomic E-state index is 0.0442. The largest absolute Gasteiger partial charge is 0.615 e. The van der Waals surface area contributed by atoms with Gasteiger partial charge in [-0.15, -0.1) is 0 Å². The minimum atomic E-state index is -2.30. The second-order valence-corrected chi connectivity index (χ2v) is 9.39. The Kier molecular flexibility index (Phi) is 4.64. The Morgan fingerprint density at radius 1 is 0.906 bits per heavy atom. The lowest BCUT2D eigenvalue weighted by atomic mass is 9.60. The van der Waals surface area contributed by atoms with Gasteiger partial charge in [-0.1, -0.05) is 60.7 Å². The molecule has 166 valence electrons. The van der Waals surface area contributed by atoms with E-state index in [4.69, 9.17) is 18.8 Å². The van der Waals surface area contributed by atoms with Crippen LogP contribution in [0, 0.1) is 0 Å². The van der Waals surface area contributed by atoms with Gasteiger partial charge >= 0.3 is 18.6 Å². The van der Waals surface area contributed by atoms with Gasteiger partial charge in [0.1, 0.15) is 25.2 Å². The summed E-state index contributed by atoms with van der Waals surface area (Å²) in [6.45, 7) is -1.55. The molecule has 7 nitrogen and oxygen atoms in total. The second-order valence-electron chi connectivity index (χ2n) is 9.39. The topological polar surface area (TPSA) is 74.4 Å². The van der Waals surface area contributed by atoms with Gasteiger partial charge in [-0.25, -0.2) is 0 Å². The number of carbonyl (C=O) groups excluding carboxylic acids is 2. The predicted molar refractivity (Wildman–Crippen MR) is 115 cm³/mol. The van der Waals surface area contributed by atoms with E-state index in [1.807, 2.05) is 60.7 Å². The van der Waals surface area contributed by atoms with E-state index in [0.29, 0.717) is 6.61 Å². The lowest BCUT2D eigenvalue weighted by molar-refractivity contribution is -0.846. The van der Waals surface area contributed by atoms with Crippen LogP contribution in [0.3, 0.4) is 0 Å². The Labute approximate surface area is 186 Å². The van der Waals surface area contributed by atoms with Crippen LogP contribution >= 0.6 is 0 Å². The zero-order chi connectivity index (χ0) is 21.8. The molecule has 0 amide bonds. The maximum Gasteiger partial charge on any atom is 0.615 e. The van der Waals surface area contributed by atoms with Gasteiger partial charge in [-0.3, -0.25) is 9.59 Å². The van der Waals surface area contributed by atoms with Crippen LogP contribution in [0.2, 0.25) is 0 Å². The fraction of sp³-hybridized carbons (Fsp3) is 0.417. The van der Waals surface area contributed by atoms with E-state index >= 15 is 0 Å². The summed E-state index contributed by atoms with van der Waals surface area (Å²) in [6, 6.07) is 19.4. The molecule has 4 aliphatic rings. The molecule has 2 aromatic carbocycles. The zero-order valence-electron chi connectivity index (χ0n) is 17.8. The van der Waals surface area contributed by atoms with E-state index in [-0.39, 0.29) is 47.7 Å². The minimum Gasteiger partial charge on any atom is -0.598 e. The summed E-state index contributed by atoms with van der Waals surface area (Å²) < 4.78 is 24.4. The molecule has 3 saturated heterocycles. The van der Waals surface area contributed by atoms with Gasteiger partial charge in [0, 0.05) is 0 Å². The van der Waals surface area contributed by atoms with Crippen molar-refractivity contribution in [1.29, 1.82) is 0 Å². The molecule has 4 atom stereocenters. The third-order valence-electron chi connectivity index (χ3n) is 7.62. The van der Waals surface area contributed by atoms with Crippen molar-refractivity contribution in [3.8, 4) is 0 Å². The van der Waals surface area contributed by atoms with E-state index in [2.05, 4.69) is 0 Å². The fourth-order valence-corrected chi connectivity index (χ4v) is 6.23. The predicted octanol–water partition coefficient (Wildman–Crippen LogP) is 2.67. The summed E-state index contributed by atoms with van der Waals surface area (Å²) in [5, 5.41) is 0. The smallest absolute Gasteiger partial charge is 0.598 e. The summed E-state index contributed by atoms with van der Waals surface area (Å²) in [4.78, 5) is 25.4. The van der Waals surface area contributed by atoms with E-state index in [1.54, 1.807) is 0 Å². The van der Waals surface area contributed by atoms with E-state index in [0.717, 1.165) is 30.4 Å². The molecular formula is C24H26BNO6. The summed E-state index contributed by atoms with van der Waals surface area (Å²) >= 11 is 0. The Balaban J connectivity index is 1.30. The first-order valence-corrected chi connectivity index (χ1v) is 11.4. The van der Waals surface area contributed by atoms with Gasteiger partial charge < -0.3 is 23.2 Å². The Hall–Kier alpha value is -2.68. The van der Waals surface area contributed by atoms with Gasteiger partial charge in [0.05, 0.1) is 18.8 Å². The normalized spacial score (nSPS) is 37.8. The van der Waals surface area contributed by atoms with Crippen molar-refractivity contribution in [1.82, 2.24) is 0 Å². The van der Waals surface area contributed by atoms with Gasteiger partial charge in [0.25, 0.3) is 0 Å². The molecule has 3 heterocycles. The fourth-order valence-electron chi connectivity index (χ4n) is 6.23. The molecule has 0 aromatic heterocycles. The summed E-state index contributed by atoms with van der Waals surface area (Å²) in [6.07, 6.45) is 2.41. The van der Waals surface area contributed by atoms with Gasteiger partial charge in [-0.2, -0.15) is 0 Å². The standard InChI is InChI=1S/C24H26BNO6/c27-21-14-26(19-12-7-13-20(19)29-16-17-8-3-1-4-9-17)15-22(28)32-25(26,31-21)24-23(30-24)18-10-5-2-6-11-18/h1-6,8-11,19-20,23-24H,7,12-16H2/t19-,20-,23?,24?,25?,26?/m1/s1. The highest BCUT2D eigenvalue weighted by atomic mass is 16.7. The van der Waals surface area contributed by atoms with Crippen molar-refractivity contribution in [2.24, 2.45) is 0 Å². The van der Waals surface area contributed by atoms with E-state index in [1.165, 1.54) is 0 Å². The average Bonchev–Trinajstić information content (AvgIpc) is 3.26. The maximum atomic E-state index is 12.7. The maximum absolute atomic E-state index is 12.7. The second kappa shape index (κ2) is 7.44. The monoisotopic (exact) mass is 435 g/mol. The van der Waals surface area contributed by atoms with Gasteiger partial charge in [0.15, 0.2) is 0 Å². The van der Waals surface area contributed by atoms with Crippen LogP contribution in [0.1, 0.15) is 36.5 Å². The highest BCUT2D eigenvalue weighted by Gasteiger charge is 2.79. The summed E-state index contributed by atoms with van der Waals surface area (Å²) in [5.41, 5.74) is 2.10. The first kappa shape index (κ1) is 20.0. The van der Waals surface area contributed by atoms with Crippen molar-refractivity contribution in [3.63, 3.8) is 0 Å². The number of nitrogens with zero attached hydrogens (tertiary/aromatic N) is 1. The molecule has 3 aliphatic heterocycles. The molecule has 0 radical (unpaired) electrons. The third-order valence-corrected chi connectivity index (χ3v) is 7.62. The van der Waals surface area contributed by atoms with Crippen LogP contribution in [0.5, 0.6) is 0 Å². The molecule has 0 bridgehead atoms. The molecule has 8 heteroatoms. The Morgan fingerprint density at radius 2 is 1.56 bits per heavy atom. The zero-order valence-corrected chi connectivity index (χ0v) is 17.8. The molecule has 0 N–H and O–H groups in total. The number of carbonyl (C=O) groups is 2. The van der Waals surface area contributed by atoms with Crippen molar-refractivity contribution in [2.75, 3.05) is 13.1 Å². The van der Waals surface area contributed by atoms with Crippen LogP contribution in [0.15, 0.2) is 60.7 Å². The molecule has 6 rings (SSSR count). The van der Waals surface area contributed by atoms with Crippen molar-refractivity contribution in [3.05, 3.63) is 71.8 Å². The van der Waals surface area contributed by atoms with Gasteiger partial charge in [-0.05, 0) is 30.4 Å². The number of fused-ring (bicyclic) bond motifs is 1. The highest BCUT2D eigenvalue weighted by molar-refractivity contribution is 6.68. The van der Waals surface area contributed by atoms with Crippen LogP contribution in [-0.4, -0.2) is 54.3 Å².